The molecule has 0 atom stereocenters. The predicted octanol–water partition coefficient (Wildman–Crippen LogP) is 3.93. The van der Waals surface area contributed by atoms with Crippen molar-refractivity contribution in [1.29, 1.82) is 0 Å². The van der Waals surface area contributed by atoms with Gasteiger partial charge in [0.15, 0.2) is 11.5 Å². The molecule has 3 rings (SSSR count). The molecule has 0 aliphatic carbocycles. The summed E-state index contributed by atoms with van der Waals surface area (Å²) in [6, 6.07) is 10.8. The zero-order valence-corrected chi connectivity index (χ0v) is 12.9. The topological polar surface area (TPSA) is 47.6 Å². The van der Waals surface area contributed by atoms with Gasteiger partial charge in [0, 0.05) is 17.7 Å². The summed E-state index contributed by atoms with van der Waals surface area (Å²) in [5.74, 6) is 0.982. The minimum Gasteiger partial charge on any atom is -0.486 e. The standard InChI is InChI=1S/C17H16ClNO3/c1-2-11-3-5-12(6-4-11)17(20)19-14-10-16-15(9-13(14)18)21-7-8-22-16/h3-6,9-10H,2,7-8H2,1H3,(H,19,20). The highest BCUT2D eigenvalue weighted by Crippen LogP contribution is 2.38. The summed E-state index contributed by atoms with van der Waals surface area (Å²) in [6.45, 7) is 3.06. The Kier molecular flexibility index (Phi) is 4.20. The predicted molar refractivity (Wildman–Crippen MR) is 86.2 cm³/mol. The van der Waals surface area contributed by atoms with Gasteiger partial charge in [0.1, 0.15) is 13.2 Å². The molecule has 2 aromatic carbocycles. The fourth-order valence-corrected chi connectivity index (χ4v) is 2.45. The van der Waals surface area contributed by atoms with Crippen LogP contribution in [-0.4, -0.2) is 19.1 Å². The first-order chi connectivity index (χ1) is 10.7. The van der Waals surface area contributed by atoms with Crippen LogP contribution in [0.4, 0.5) is 5.69 Å². The van der Waals surface area contributed by atoms with Crippen LogP contribution in [0.1, 0.15) is 22.8 Å². The van der Waals surface area contributed by atoms with Crippen molar-refractivity contribution in [2.75, 3.05) is 18.5 Å². The third kappa shape index (κ3) is 3.02. The molecule has 1 heterocycles. The number of carbonyl (C=O) groups is 1. The summed E-state index contributed by atoms with van der Waals surface area (Å²) in [4.78, 5) is 12.3. The van der Waals surface area contributed by atoms with E-state index in [1.807, 2.05) is 12.1 Å². The number of carbonyl (C=O) groups excluding carboxylic acids is 1. The van der Waals surface area contributed by atoms with Crippen LogP contribution < -0.4 is 14.8 Å². The second kappa shape index (κ2) is 6.28. The van der Waals surface area contributed by atoms with Gasteiger partial charge in [-0.2, -0.15) is 0 Å². The van der Waals surface area contributed by atoms with E-state index in [4.69, 9.17) is 21.1 Å². The summed E-state index contributed by atoms with van der Waals surface area (Å²) in [5, 5.41) is 3.23. The normalized spacial score (nSPS) is 12.8. The number of benzene rings is 2. The van der Waals surface area contributed by atoms with E-state index >= 15 is 0 Å². The van der Waals surface area contributed by atoms with Gasteiger partial charge in [0.25, 0.3) is 5.91 Å². The molecule has 1 N–H and O–H groups in total. The van der Waals surface area contributed by atoms with E-state index in [1.54, 1.807) is 24.3 Å². The van der Waals surface area contributed by atoms with Crippen molar-refractivity contribution in [2.45, 2.75) is 13.3 Å². The molecule has 0 saturated carbocycles. The molecule has 22 heavy (non-hydrogen) atoms. The molecule has 5 heteroatoms. The van der Waals surface area contributed by atoms with Gasteiger partial charge in [-0.25, -0.2) is 0 Å². The van der Waals surface area contributed by atoms with Crippen LogP contribution in [0, 0.1) is 0 Å². The van der Waals surface area contributed by atoms with Gasteiger partial charge in [-0.15, -0.1) is 0 Å². The fraction of sp³-hybridized carbons (Fsp3) is 0.235. The smallest absolute Gasteiger partial charge is 0.255 e. The summed E-state index contributed by atoms with van der Waals surface area (Å²) < 4.78 is 11.0. The third-order valence-electron chi connectivity index (χ3n) is 3.50. The number of nitrogens with one attached hydrogen (secondary N) is 1. The number of hydrogen-bond donors (Lipinski definition) is 1. The van der Waals surface area contributed by atoms with Crippen LogP contribution in [0.25, 0.3) is 0 Å². The molecular weight excluding hydrogens is 302 g/mol. The fourth-order valence-electron chi connectivity index (χ4n) is 2.25. The van der Waals surface area contributed by atoms with Gasteiger partial charge in [-0.05, 0) is 24.1 Å². The molecule has 1 aliphatic rings. The highest BCUT2D eigenvalue weighted by atomic mass is 35.5. The number of anilines is 1. The number of aryl methyl sites for hydroxylation is 1. The maximum atomic E-state index is 12.3. The molecule has 0 aromatic heterocycles. The highest BCUT2D eigenvalue weighted by molar-refractivity contribution is 6.34. The lowest BCUT2D eigenvalue weighted by atomic mass is 10.1. The lowest BCUT2D eigenvalue weighted by molar-refractivity contribution is 0.102. The average Bonchev–Trinajstić information content (AvgIpc) is 2.55. The lowest BCUT2D eigenvalue weighted by Crippen LogP contribution is -2.17. The minimum absolute atomic E-state index is 0.207. The number of hydrogen-bond acceptors (Lipinski definition) is 3. The molecule has 2 aromatic rings. The zero-order valence-electron chi connectivity index (χ0n) is 12.2. The van der Waals surface area contributed by atoms with Crippen molar-refractivity contribution >= 4 is 23.2 Å². The van der Waals surface area contributed by atoms with Gasteiger partial charge in [-0.3, -0.25) is 4.79 Å². The second-order valence-corrected chi connectivity index (χ2v) is 5.39. The van der Waals surface area contributed by atoms with Crippen LogP contribution >= 0.6 is 11.6 Å². The van der Waals surface area contributed by atoms with Crippen molar-refractivity contribution < 1.29 is 14.3 Å². The van der Waals surface area contributed by atoms with E-state index in [1.165, 1.54) is 5.56 Å². The summed E-state index contributed by atoms with van der Waals surface area (Å²) in [5.41, 5.74) is 2.28. The SMILES string of the molecule is CCc1ccc(C(=O)Nc2cc3c(cc2Cl)OCCO3)cc1. The number of ether oxygens (including phenoxy) is 2. The number of halogens is 1. The Bertz CT molecular complexity index is 698. The van der Waals surface area contributed by atoms with E-state index in [-0.39, 0.29) is 5.91 Å². The second-order valence-electron chi connectivity index (χ2n) is 4.98. The molecule has 0 unspecified atom stereocenters. The molecule has 0 fully saturated rings. The largest absolute Gasteiger partial charge is 0.486 e. The van der Waals surface area contributed by atoms with Gasteiger partial charge >= 0.3 is 0 Å². The first-order valence-corrected chi connectivity index (χ1v) is 7.54. The van der Waals surface area contributed by atoms with Crippen LogP contribution in [-0.2, 0) is 6.42 Å². The van der Waals surface area contributed by atoms with E-state index in [0.717, 1.165) is 6.42 Å². The maximum Gasteiger partial charge on any atom is 0.255 e. The summed E-state index contributed by atoms with van der Waals surface area (Å²) in [6.07, 6.45) is 0.940. The van der Waals surface area contributed by atoms with Crippen LogP contribution in [0.15, 0.2) is 36.4 Å². The Morgan fingerprint density at radius 3 is 2.41 bits per heavy atom. The molecule has 0 saturated heterocycles. The monoisotopic (exact) mass is 317 g/mol. The van der Waals surface area contributed by atoms with E-state index in [9.17, 15) is 4.79 Å². The zero-order chi connectivity index (χ0) is 15.5. The molecule has 1 amide bonds. The van der Waals surface area contributed by atoms with Gasteiger partial charge < -0.3 is 14.8 Å². The van der Waals surface area contributed by atoms with E-state index in [2.05, 4.69) is 12.2 Å². The van der Waals surface area contributed by atoms with Crippen molar-refractivity contribution in [3.8, 4) is 11.5 Å². The first-order valence-electron chi connectivity index (χ1n) is 7.17. The molecule has 0 radical (unpaired) electrons. The van der Waals surface area contributed by atoms with Crippen LogP contribution in [0.5, 0.6) is 11.5 Å². The Balaban J connectivity index is 1.81. The molecule has 0 spiro atoms. The van der Waals surface area contributed by atoms with Crippen molar-refractivity contribution in [1.82, 2.24) is 0 Å². The first kappa shape index (κ1) is 14.7. The Morgan fingerprint density at radius 2 is 1.77 bits per heavy atom. The molecule has 114 valence electrons. The summed E-state index contributed by atoms with van der Waals surface area (Å²) >= 11 is 6.19. The van der Waals surface area contributed by atoms with Crippen LogP contribution in [0.2, 0.25) is 5.02 Å². The van der Waals surface area contributed by atoms with Gasteiger partial charge in [0.05, 0.1) is 10.7 Å². The van der Waals surface area contributed by atoms with Crippen molar-refractivity contribution in [3.63, 3.8) is 0 Å². The number of rotatable bonds is 3. The molecule has 1 aliphatic heterocycles. The molecular formula is C17H16ClNO3. The number of fused-ring (bicyclic) bond motifs is 1. The highest BCUT2D eigenvalue weighted by Gasteiger charge is 2.16. The molecule has 4 nitrogen and oxygen atoms in total. The Morgan fingerprint density at radius 1 is 1.14 bits per heavy atom. The Hall–Kier alpha value is -2.20. The maximum absolute atomic E-state index is 12.3. The Labute approximate surface area is 134 Å². The minimum atomic E-state index is -0.207. The van der Waals surface area contributed by atoms with E-state index in [0.29, 0.717) is 41.0 Å². The van der Waals surface area contributed by atoms with Crippen LogP contribution in [0.3, 0.4) is 0 Å². The number of amides is 1. The van der Waals surface area contributed by atoms with E-state index < -0.39 is 0 Å². The van der Waals surface area contributed by atoms with Gasteiger partial charge in [0.2, 0.25) is 0 Å². The summed E-state index contributed by atoms with van der Waals surface area (Å²) in [7, 11) is 0. The molecule has 0 bridgehead atoms. The lowest BCUT2D eigenvalue weighted by Gasteiger charge is -2.20. The third-order valence-corrected chi connectivity index (χ3v) is 3.82. The van der Waals surface area contributed by atoms with Crippen molar-refractivity contribution in [2.24, 2.45) is 0 Å². The average molecular weight is 318 g/mol. The quantitative estimate of drug-likeness (QED) is 0.933. The van der Waals surface area contributed by atoms with Gasteiger partial charge in [-0.1, -0.05) is 30.7 Å². The van der Waals surface area contributed by atoms with Crippen molar-refractivity contribution in [3.05, 3.63) is 52.5 Å².